The summed E-state index contributed by atoms with van der Waals surface area (Å²) in [4.78, 5) is 15.7. The lowest BCUT2D eigenvalue weighted by molar-refractivity contribution is -0.914. The fourth-order valence-corrected chi connectivity index (χ4v) is 4.22. The van der Waals surface area contributed by atoms with Crippen molar-refractivity contribution < 1.29 is 13.7 Å². The molecule has 146 valence electrons. The molecule has 2 aromatic carbocycles. The van der Waals surface area contributed by atoms with Gasteiger partial charge >= 0.3 is 5.63 Å². The van der Waals surface area contributed by atoms with Crippen molar-refractivity contribution in [2.24, 2.45) is 0 Å². The first-order valence-electron chi connectivity index (χ1n) is 9.49. The Bertz CT molecular complexity index is 1070. The van der Waals surface area contributed by atoms with E-state index in [1.54, 1.807) is 6.07 Å². The zero-order valence-corrected chi connectivity index (χ0v) is 16.8. The summed E-state index contributed by atoms with van der Waals surface area (Å²) in [5.41, 5.74) is 4.17. The predicted molar refractivity (Wildman–Crippen MR) is 110 cm³/mol. The molecule has 0 aliphatic carbocycles. The van der Waals surface area contributed by atoms with Crippen LogP contribution < -0.4 is 15.4 Å². The van der Waals surface area contributed by atoms with Crippen LogP contribution in [-0.2, 0) is 6.54 Å². The van der Waals surface area contributed by atoms with Gasteiger partial charge < -0.3 is 14.2 Å². The Hall–Kier alpha value is -2.37. The number of nitrogens with one attached hydrogen (secondary N) is 1. The van der Waals surface area contributed by atoms with Gasteiger partial charge in [-0.15, -0.1) is 0 Å². The van der Waals surface area contributed by atoms with E-state index >= 15 is 0 Å². The van der Waals surface area contributed by atoms with Gasteiger partial charge in [-0.25, -0.2) is 9.18 Å². The fraction of sp³-hybridized carbons (Fsp3) is 0.318. The maximum absolute atomic E-state index is 13.1. The van der Waals surface area contributed by atoms with Gasteiger partial charge in [0, 0.05) is 27.7 Å². The minimum Gasteiger partial charge on any atom is -0.423 e. The molecule has 1 N–H and O–H groups in total. The Labute approximate surface area is 168 Å². The van der Waals surface area contributed by atoms with Crippen molar-refractivity contribution >= 4 is 28.3 Å². The summed E-state index contributed by atoms with van der Waals surface area (Å²) in [7, 11) is 0. The summed E-state index contributed by atoms with van der Waals surface area (Å²) < 4.78 is 18.6. The van der Waals surface area contributed by atoms with Gasteiger partial charge in [0.15, 0.2) is 0 Å². The quantitative estimate of drug-likeness (QED) is 0.685. The molecular weight excluding hydrogens is 379 g/mol. The zero-order chi connectivity index (χ0) is 19.8. The summed E-state index contributed by atoms with van der Waals surface area (Å²) in [6, 6.07) is 10.1. The topological polar surface area (TPSA) is 37.9 Å². The molecule has 28 heavy (non-hydrogen) atoms. The van der Waals surface area contributed by atoms with Crippen molar-refractivity contribution in [1.82, 2.24) is 0 Å². The van der Waals surface area contributed by atoms with Gasteiger partial charge in [0.25, 0.3) is 0 Å². The molecule has 0 atom stereocenters. The third kappa shape index (κ3) is 3.64. The van der Waals surface area contributed by atoms with E-state index in [0.717, 1.165) is 65.5 Å². The number of rotatable bonds is 3. The smallest absolute Gasteiger partial charge is 0.336 e. The van der Waals surface area contributed by atoms with E-state index in [1.165, 1.54) is 17.0 Å². The van der Waals surface area contributed by atoms with E-state index in [1.807, 2.05) is 32.0 Å². The molecule has 1 aliphatic rings. The van der Waals surface area contributed by atoms with Gasteiger partial charge in [-0.2, -0.15) is 0 Å². The molecule has 0 unspecified atom stereocenters. The molecule has 0 amide bonds. The Morgan fingerprint density at radius 1 is 1.14 bits per heavy atom. The molecule has 0 bridgehead atoms. The largest absolute Gasteiger partial charge is 0.423 e. The molecule has 1 aliphatic heterocycles. The first-order valence-corrected chi connectivity index (χ1v) is 9.86. The second kappa shape index (κ2) is 7.57. The van der Waals surface area contributed by atoms with Crippen molar-refractivity contribution in [2.45, 2.75) is 20.4 Å². The Kier molecular flexibility index (Phi) is 5.13. The Morgan fingerprint density at radius 2 is 1.82 bits per heavy atom. The number of nitrogens with zero attached hydrogens (tertiary/aromatic N) is 1. The van der Waals surface area contributed by atoms with Gasteiger partial charge in [-0.1, -0.05) is 11.6 Å². The Morgan fingerprint density at radius 3 is 2.50 bits per heavy atom. The van der Waals surface area contributed by atoms with Gasteiger partial charge in [0.1, 0.15) is 17.9 Å². The standard InChI is InChI=1S/C22H22ClFN2O2/c1-14-11-19-21(15(2)22(14)23)16(12-20(27)28-19)13-25-7-9-26(10-8-25)18-5-3-17(24)4-6-18/h3-6,11-12H,7-10,13H2,1-2H3/p+1. The molecule has 1 aromatic heterocycles. The van der Waals surface area contributed by atoms with Gasteiger partial charge in [-0.05, 0) is 55.3 Å². The normalized spacial score (nSPS) is 15.4. The molecule has 3 aromatic rings. The van der Waals surface area contributed by atoms with Crippen LogP contribution >= 0.6 is 11.6 Å². The van der Waals surface area contributed by atoms with Gasteiger partial charge in [0.2, 0.25) is 0 Å². The molecule has 6 heteroatoms. The third-order valence-corrected chi connectivity index (χ3v) is 6.15. The highest BCUT2D eigenvalue weighted by atomic mass is 35.5. The van der Waals surface area contributed by atoms with E-state index in [9.17, 15) is 9.18 Å². The Balaban J connectivity index is 1.55. The minimum absolute atomic E-state index is 0.216. The predicted octanol–water partition coefficient (Wildman–Crippen LogP) is 3.11. The summed E-state index contributed by atoms with van der Waals surface area (Å²) in [5.74, 6) is -0.216. The lowest BCUT2D eigenvalue weighted by atomic mass is 10.0. The van der Waals surface area contributed by atoms with Crippen LogP contribution in [-0.4, -0.2) is 26.2 Å². The average molecular weight is 402 g/mol. The summed E-state index contributed by atoms with van der Waals surface area (Å²) in [6.07, 6.45) is 0. The molecule has 4 nitrogen and oxygen atoms in total. The minimum atomic E-state index is -0.326. The average Bonchev–Trinajstić information content (AvgIpc) is 2.67. The van der Waals surface area contributed by atoms with Crippen molar-refractivity contribution in [1.29, 1.82) is 0 Å². The SMILES string of the molecule is Cc1cc2oc(=O)cc(C[NH+]3CCN(c4ccc(F)cc4)CC3)c2c(C)c1Cl. The van der Waals surface area contributed by atoms with E-state index in [0.29, 0.717) is 5.58 Å². The number of hydrogen-bond donors (Lipinski definition) is 1. The molecule has 0 radical (unpaired) electrons. The lowest BCUT2D eigenvalue weighted by Gasteiger charge is -2.33. The van der Waals surface area contributed by atoms with E-state index in [2.05, 4.69) is 4.90 Å². The van der Waals surface area contributed by atoms with Crippen LogP contribution in [0.25, 0.3) is 11.0 Å². The number of benzene rings is 2. The number of piperazine rings is 1. The van der Waals surface area contributed by atoms with E-state index in [4.69, 9.17) is 16.0 Å². The maximum atomic E-state index is 13.1. The van der Waals surface area contributed by atoms with Crippen LogP contribution in [0.2, 0.25) is 5.02 Å². The van der Waals surface area contributed by atoms with Gasteiger partial charge in [0.05, 0.1) is 26.2 Å². The highest BCUT2D eigenvalue weighted by Gasteiger charge is 2.22. The number of aryl methyl sites for hydroxylation is 2. The van der Waals surface area contributed by atoms with E-state index in [-0.39, 0.29) is 11.4 Å². The first kappa shape index (κ1) is 19.0. The molecular formula is C22H23ClFN2O2+. The summed E-state index contributed by atoms with van der Waals surface area (Å²) in [5, 5.41) is 1.67. The third-order valence-electron chi connectivity index (χ3n) is 5.57. The monoisotopic (exact) mass is 401 g/mol. The molecule has 1 saturated heterocycles. The highest BCUT2D eigenvalue weighted by Crippen LogP contribution is 2.30. The van der Waals surface area contributed by atoms with Gasteiger partial charge in [-0.3, -0.25) is 0 Å². The molecule has 4 rings (SSSR count). The summed E-state index contributed by atoms with van der Waals surface area (Å²) >= 11 is 6.45. The maximum Gasteiger partial charge on any atom is 0.336 e. The van der Waals surface area contributed by atoms with Crippen molar-refractivity contribution in [3.8, 4) is 0 Å². The second-order valence-corrected chi connectivity index (χ2v) is 7.86. The first-order chi connectivity index (χ1) is 13.4. The van der Waals surface area contributed by atoms with Crippen LogP contribution in [0.3, 0.4) is 0 Å². The van der Waals surface area contributed by atoms with E-state index < -0.39 is 0 Å². The number of quaternary nitrogens is 1. The number of hydrogen-bond acceptors (Lipinski definition) is 3. The zero-order valence-electron chi connectivity index (χ0n) is 16.0. The number of fused-ring (bicyclic) bond motifs is 1. The molecule has 1 fully saturated rings. The van der Waals surface area contributed by atoms with Crippen LogP contribution in [0.5, 0.6) is 0 Å². The highest BCUT2D eigenvalue weighted by molar-refractivity contribution is 6.33. The van der Waals surface area contributed by atoms with Crippen LogP contribution in [0, 0.1) is 19.7 Å². The van der Waals surface area contributed by atoms with Crippen molar-refractivity contribution in [3.05, 3.63) is 74.3 Å². The molecule has 0 spiro atoms. The fourth-order valence-electron chi connectivity index (χ4n) is 4.07. The second-order valence-electron chi connectivity index (χ2n) is 7.49. The lowest BCUT2D eigenvalue weighted by Crippen LogP contribution is -3.13. The molecule has 0 saturated carbocycles. The van der Waals surface area contributed by atoms with Crippen LogP contribution in [0.4, 0.5) is 10.1 Å². The molecule has 2 heterocycles. The van der Waals surface area contributed by atoms with Crippen molar-refractivity contribution in [2.75, 3.05) is 31.1 Å². The van der Waals surface area contributed by atoms with Crippen LogP contribution in [0.1, 0.15) is 16.7 Å². The van der Waals surface area contributed by atoms with Crippen LogP contribution in [0.15, 0.2) is 45.6 Å². The van der Waals surface area contributed by atoms with Crippen molar-refractivity contribution in [3.63, 3.8) is 0 Å². The number of halogens is 2. The number of anilines is 1. The summed E-state index contributed by atoms with van der Waals surface area (Å²) in [6.45, 7) is 8.30.